The minimum Gasteiger partial charge on any atom is -0.341 e. The lowest BCUT2D eigenvalue weighted by Crippen LogP contribution is -2.42. The summed E-state index contributed by atoms with van der Waals surface area (Å²) in [5, 5.41) is 9.06. The normalized spacial score (nSPS) is 16.8. The number of carbonyl (C=O) groups is 2. The molecule has 1 saturated heterocycles. The monoisotopic (exact) mass is 437 g/mol. The third-order valence-corrected chi connectivity index (χ3v) is 6.03. The van der Waals surface area contributed by atoms with Crippen LogP contribution < -0.4 is 20.9 Å². The maximum atomic E-state index is 12.8. The van der Waals surface area contributed by atoms with Crippen molar-refractivity contribution in [2.45, 2.75) is 39.7 Å². The van der Waals surface area contributed by atoms with Gasteiger partial charge < -0.3 is 25.8 Å². The van der Waals surface area contributed by atoms with E-state index in [9.17, 15) is 9.59 Å². The molecule has 9 nitrogen and oxygen atoms in total. The van der Waals surface area contributed by atoms with Gasteiger partial charge in [0.15, 0.2) is 0 Å². The van der Waals surface area contributed by atoms with Crippen LogP contribution in [0.5, 0.6) is 0 Å². The molecule has 32 heavy (non-hydrogen) atoms. The molecule has 2 aromatic rings. The lowest BCUT2D eigenvalue weighted by molar-refractivity contribution is -0.123. The quantitative estimate of drug-likeness (QED) is 0.677. The molecule has 3 heterocycles. The van der Waals surface area contributed by atoms with Gasteiger partial charge in [-0.05, 0) is 51.2 Å². The summed E-state index contributed by atoms with van der Waals surface area (Å²) < 4.78 is 0. The number of piperidine rings is 1. The van der Waals surface area contributed by atoms with Gasteiger partial charge in [0.1, 0.15) is 11.4 Å². The number of hydrogen-bond donors (Lipinski definition) is 3. The van der Waals surface area contributed by atoms with Crippen LogP contribution in [0.1, 0.15) is 44.0 Å². The van der Waals surface area contributed by atoms with Crippen molar-refractivity contribution in [3.63, 3.8) is 0 Å². The predicted molar refractivity (Wildman–Crippen MR) is 127 cm³/mol. The number of nitrogens with zero attached hydrogens (tertiary/aromatic N) is 4. The second kappa shape index (κ2) is 8.38. The Morgan fingerprint density at radius 2 is 1.91 bits per heavy atom. The number of benzene rings is 1. The van der Waals surface area contributed by atoms with E-state index in [-0.39, 0.29) is 11.8 Å². The first kappa shape index (κ1) is 22.0. The van der Waals surface area contributed by atoms with E-state index in [0.29, 0.717) is 40.4 Å². The van der Waals surface area contributed by atoms with Gasteiger partial charge in [0.25, 0.3) is 5.91 Å². The first-order chi connectivity index (χ1) is 15.1. The summed E-state index contributed by atoms with van der Waals surface area (Å²) in [5.74, 6) is 0.675. The Balaban J connectivity index is 1.57. The van der Waals surface area contributed by atoms with Crippen LogP contribution in [0, 0.1) is 5.41 Å². The van der Waals surface area contributed by atoms with E-state index < -0.39 is 5.41 Å². The standard InChI is InChI=1S/C23H31N7O2/c1-23(2,3)21(32)25-14-6-7-17-18(12-14)27-20(31)16-13-24-22(28-19(16)26-17)30(5)15-8-10-29(4)11-9-15/h6-7,12-13,15H,8-11H2,1-5H3,(H,25,32)(H,27,31)(H,24,26,28). The van der Waals surface area contributed by atoms with Crippen molar-refractivity contribution in [2.24, 2.45) is 5.41 Å². The summed E-state index contributed by atoms with van der Waals surface area (Å²) in [5.41, 5.74) is 1.76. The van der Waals surface area contributed by atoms with Gasteiger partial charge in [-0.2, -0.15) is 4.98 Å². The van der Waals surface area contributed by atoms with Crippen LogP contribution in [0.15, 0.2) is 24.4 Å². The second-order valence-electron chi connectivity index (χ2n) is 9.62. The van der Waals surface area contributed by atoms with Crippen molar-refractivity contribution in [3.05, 3.63) is 30.0 Å². The van der Waals surface area contributed by atoms with E-state index in [2.05, 4.69) is 42.8 Å². The predicted octanol–water partition coefficient (Wildman–Crippen LogP) is 3.30. The Labute approximate surface area is 188 Å². The number of fused-ring (bicyclic) bond motifs is 2. The number of aromatic nitrogens is 2. The summed E-state index contributed by atoms with van der Waals surface area (Å²) in [4.78, 5) is 38.7. The molecule has 0 radical (unpaired) electrons. The smallest absolute Gasteiger partial charge is 0.261 e. The van der Waals surface area contributed by atoms with Crippen LogP contribution >= 0.6 is 0 Å². The molecule has 2 amide bonds. The number of hydrogen-bond acceptors (Lipinski definition) is 7. The highest BCUT2D eigenvalue weighted by Crippen LogP contribution is 2.34. The number of likely N-dealkylation sites (tertiary alicyclic amines) is 1. The van der Waals surface area contributed by atoms with E-state index in [4.69, 9.17) is 0 Å². The van der Waals surface area contributed by atoms with Gasteiger partial charge in [-0.1, -0.05) is 20.8 Å². The summed E-state index contributed by atoms with van der Waals surface area (Å²) >= 11 is 0. The topological polar surface area (TPSA) is 102 Å². The fourth-order valence-corrected chi connectivity index (χ4v) is 3.82. The van der Waals surface area contributed by atoms with Crippen molar-refractivity contribution in [1.82, 2.24) is 14.9 Å². The molecule has 0 unspecified atom stereocenters. The molecule has 0 atom stereocenters. The molecular formula is C23H31N7O2. The summed E-state index contributed by atoms with van der Waals surface area (Å²) in [6.07, 6.45) is 3.67. The molecule has 170 valence electrons. The van der Waals surface area contributed by atoms with E-state index in [1.807, 2.05) is 33.9 Å². The molecule has 0 spiro atoms. The number of rotatable bonds is 3. The molecule has 1 aromatic heterocycles. The van der Waals surface area contributed by atoms with Gasteiger partial charge in [0.2, 0.25) is 11.9 Å². The summed E-state index contributed by atoms with van der Waals surface area (Å²) in [6, 6.07) is 5.74. The lowest BCUT2D eigenvalue weighted by Gasteiger charge is -2.35. The first-order valence-electron chi connectivity index (χ1n) is 10.9. The fourth-order valence-electron chi connectivity index (χ4n) is 3.82. The SMILES string of the molecule is CN1CCC(N(C)c2ncc3c(n2)Nc2ccc(NC(=O)C(C)(C)C)cc2NC3=O)CC1. The van der Waals surface area contributed by atoms with Gasteiger partial charge in [0.05, 0.1) is 11.4 Å². The molecule has 2 aliphatic rings. The van der Waals surface area contributed by atoms with Crippen molar-refractivity contribution >= 4 is 40.6 Å². The van der Waals surface area contributed by atoms with E-state index in [1.165, 1.54) is 0 Å². The van der Waals surface area contributed by atoms with E-state index >= 15 is 0 Å². The zero-order chi connectivity index (χ0) is 23.0. The van der Waals surface area contributed by atoms with Crippen LogP contribution in [-0.2, 0) is 4.79 Å². The molecule has 1 aromatic carbocycles. The zero-order valence-electron chi connectivity index (χ0n) is 19.3. The van der Waals surface area contributed by atoms with Gasteiger partial charge in [-0.3, -0.25) is 9.59 Å². The average molecular weight is 438 g/mol. The van der Waals surface area contributed by atoms with Crippen LogP contribution in [0.25, 0.3) is 0 Å². The van der Waals surface area contributed by atoms with Crippen molar-refractivity contribution < 1.29 is 9.59 Å². The molecule has 4 rings (SSSR count). The minimum atomic E-state index is -0.518. The van der Waals surface area contributed by atoms with Crippen molar-refractivity contribution in [1.29, 1.82) is 0 Å². The van der Waals surface area contributed by atoms with Crippen LogP contribution in [0.3, 0.4) is 0 Å². The lowest BCUT2D eigenvalue weighted by atomic mass is 9.95. The Kier molecular flexibility index (Phi) is 5.77. The maximum Gasteiger partial charge on any atom is 0.261 e. The van der Waals surface area contributed by atoms with E-state index in [1.54, 1.807) is 18.3 Å². The minimum absolute atomic E-state index is 0.0962. The van der Waals surface area contributed by atoms with Crippen molar-refractivity contribution in [2.75, 3.05) is 48.0 Å². The molecule has 9 heteroatoms. The molecule has 0 bridgehead atoms. The van der Waals surface area contributed by atoms with Gasteiger partial charge in [0, 0.05) is 30.4 Å². The van der Waals surface area contributed by atoms with Crippen LogP contribution in [0.4, 0.5) is 28.8 Å². The number of amides is 2. The summed E-state index contributed by atoms with van der Waals surface area (Å²) in [7, 11) is 4.14. The van der Waals surface area contributed by atoms with E-state index in [0.717, 1.165) is 25.9 Å². The van der Waals surface area contributed by atoms with Gasteiger partial charge in [-0.25, -0.2) is 4.98 Å². The molecule has 1 fully saturated rings. The first-order valence-corrected chi connectivity index (χ1v) is 10.9. The van der Waals surface area contributed by atoms with Crippen LogP contribution in [0.2, 0.25) is 0 Å². The highest BCUT2D eigenvalue weighted by molar-refractivity contribution is 6.12. The van der Waals surface area contributed by atoms with Crippen LogP contribution in [-0.4, -0.2) is 59.9 Å². The Hall–Kier alpha value is -3.20. The number of nitrogens with one attached hydrogen (secondary N) is 3. The third kappa shape index (κ3) is 4.52. The average Bonchev–Trinajstić information content (AvgIpc) is 2.88. The molecule has 0 aliphatic carbocycles. The maximum absolute atomic E-state index is 12.8. The summed E-state index contributed by atoms with van der Waals surface area (Å²) in [6.45, 7) is 7.64. The number of anilines is 5. The van der Waals surface area contributed by atoms with Gasteiger partial charge in [-0.15, -0.1) is 0 Å². The second-order valence-corrected chi connectivity index (χ2v) is 9.62. The fraction of sp³-hybridized carbons (Fsp3) is 0.478. The number of carbonyl (C=O) groups excluding carboxylic acids is 2. The largest absolute Gasteiger partial charge is 0.341 e. The molecule has 3 N–H and O–H groups in total. The molecular weight excluding hydrogens is 406 g/mol. The highest BCUT2D eigenvalue weighted by atomic mass is 16.2. The van der Waals surface area contributed by atoms with Gasteiger partial charge >= 0.3 is 0 Å². The zero-order valence-corrected chi connectivity index (χ0v) is 19.3. The Bertz CT molecular complexity index is 1040. The Morgan fingerprint density at radius 3 is 2.59 bits per heavy atom. The third-order valence-electron chi connectivity index (χ3n) is 6.03. The molecule has 0 saturated carbocycles. The highest BCUT2D eigenvalue weighted by Gasteiger charge is 2.26. The Morgan fingerprint density at radius 1 is 1.19 bits per heavy atom. The molecule has 2 aliphatic heterocycles. The van der Waals surface area contributed by atoms with Crippen molar-refractivity contribution in [3.8, 4) is 0 Å².